The van der Waals surface area contributed by atoms with Gasteiger partial charge in [-0.05, 0) is 27.6 Å². The Hall–Kier alpha value is -1.06. The van der Waals surface area contributed by atoms with Crippen LogP contribution in [0.4, 0.5) is 0 Å². The Morgan fingerprint density at radius 1 is 1.50 bits per heavy atom. The van der Waals surface area contributed by atoms with Crippen LogP contribution in [-0.4, -0.2) is 22.6 Å². The third-order valence-corrected chi connectivity index (χ3v) is 0.889. The molecule has 0 saturated carbocycles. The molecule has 0 fully saturated rings. The molecule has 70 valence electrons. The van der Waals surface area contributed by atoms with Crippen LogP contribution in [0.1, 0.15) is 31.7 Å². The smallest absolute Gasteiger partial charge is 0.320 e. The molecule has 1 N–H and O–H groups in total. The van der Waals surface area contributed by atoms with Crippen molar-refractivity contribution in [1.82, 2.24) is 0 Å². The highest BCUT2D eigenvalue weighted by Gasteiger charge is 2.26. The first-order valence-corrected chi connectivity index (χ1v) is 3.41. The van der Waals surface area contributed by atoms with Gasteiger partial charge in [-0.15, -0.1) is 0 Å². The fraction of sp³-hybridized carbons (Fsp3) is 0.750. The maximum Gasteiger partial charge on any atom is 0.320 e. The fourth-order valence-corrected chi connectivity index (χ4v) is 0.462. The summed E-state index contributed by atoms with van der Waals surface area (Å²) in [5.41, 5.74) is -0.907. The third kappa shape index (κ3) is 3.95. The van der Waals surface area contributed by atoms with E-state index in [0.29, 0.717) is 0 Å². The summed E-state index contributed by atoms with van der Waals surface area (Å²) in [6.07, 6.45) is 0. The maximum absolute atomic E-state index is 11.3. The van der Waals surface area contributed by atoms with Crippen molar-refractivity contribution in [2.24, 2.45) is 5.92 Å². The Morgan fingerprint density at radius 2 is 2.00 bits per heavy atom. The molecule has 0 aromatic rings. The zero-order chi connectivity index (χ0) is 12.4. The molecular weight excluding hydrogens is 160 g/mol. The second-order valence-electron chi connectivity index (χ2n) is 3.30. The molecule has 0 bridgehead atoms. The Morgan fingerprint density at radius 3 is 2.25 bits per heavy atom. The standard InChI is InChI=1S/C8H14O4/c1-5(6(9)10)7(11)12-8(2,3)4/h5H,1-4H3,(H,9,10)/i1D3. The highest BCUT2D eigenvalue weighted by atomic mass is 16.6. The quantitative estimate of drug-likeness (QED) is 0.505. The maximum atomic E-state index is 11.3. The van der Waals surface area contributed by atoms with Crippen LogP contribution < -0.4 is 0 Å². The van der Waals surface area contributed by atoms with Crippen LogP contribution in [0.2, 0.25) is 0 Å². The summed E-state index contributed by atoms with van der Waals surface area (Å²) < 4.78 is 25.4. The molecule has 0 aliphatic heterocycles. The van der Waals surface area contributed by atoms with E-state index >= 15 is 0 Å². The largest absolute Gasteiger partial charge is 0.481 e. The van der Waals surface area contributed by atoms with Crippen molar-refractivity contribution >= 4 is 11.9 Å². The van der Waals surface area contributed by atoms with Crippen molar-refractivity contribution < 1.29 is 23.5 Å². The van der Waals surface area contributed by atoms with Crippen molar-refractivity contribution in [3.8, 4) is 0 Å². The average molecular weight is 177 g/mol. The lowest BCUT2D eigenvalue weighted by molar-refractivity contribution is -0.165. The highest BCUT2D eigenvalue weighted by molar-refractivity contribution is 5.93. The lowest BCUT2D eigenvalue weighted by Gasteiger charge is -2.20. The van der Waals surface area contributed by atoms with Crippen LogP contribution in [0.25, 0.3) is 0 Å². The molecule has 0 aliphatic carbocycles. The molecule has 0 heterocycles. The number of hydrogen-bond acceptors (Lipinski definition) is 3. The van der Waals surface area contributed by atoms with E-state index < -0.39 is 30.3 Å². The minimum Gasteiger partial charge on any atom is -0.481 e. The van der Waals surface area contributed by atoms with Gasteiger partial charge in [0.1, 0.15) is 5.60 Å². The first-order chi connectivity index (χ1) is 6.45. The van der Waals surface area contributed by atoms with E-state index in [2.05, 4.69) is 0 Å². The zero-order valence-corrected chi connectivity index (χ0v) is 7.25. The van der Waals surface area contributed by atoms with Gasteiger partial charge in [0.2, 0.25) is 0 Å². The summed E-state index contributed by atoms with van der Waals surface area (Å²) in [5.74, 6) is -5.07. The summed E-state index contributed by atoms with van der Waals surface area (Å²) in [6, 6.07) is 0. The van der Waals surface area contributed by atoms with E-state index in [1.54, 1.807) is 0 Å². The number of rotatable bonds is 2. The monoisotopic (exact) mass is 177 g/mol. The number of carboxylic acid groups (broad SMARTS) is 1. The van der Waals surface area contributed by atoms with Crippen LogP contribution in [0.5, 0.6) is 0 Å². The molecule has 0 radical (unpaired) electrons. The van der Waals surface area contributed by atoms with Gasteiger partial charge in [-0.25, -0.2) is 0 Å². The molecule has 0 aromatic heterocycles. The van der Waals surface area contributed by atoms with Crippen LogP contribution in [0, 0.1) is 5.92 Å². The summed E-state index contributed by atoms with van der Waals surface area (Å²) in [7, 11) is 0. The summed E-state index contributed by atoms with van der Waals surface area (Å²) >= 11 is 0. The SMILES string of the molecule is [2H]C([2H])([2H])C(C(=O)O)C(=O)OC(C)(C)C. The van der Waals surface area contributed by atoms with E-state index in [1.807, 2.05) is 0 Å². The van der Waals surface area contributed by atoms with Gasteiger partial charge < -0.3 is 9.84 Å². The number of carbonyl (C=O) groups is 2. The second kappa shape index (κ2) is 3.56. The molecule has 0 rings (SSSR count). The van der Waals surface area contributed by atoms with Crippen molar-refractivity contribution in [1.29, 1.82) is 0 Å². The van der Waals surface area contributed by atoms with Gasteiger partial charge in [0.05, 0.1) is 0 Å². The number of hydrogen-bond donors (Lipinski definition) is 1. The molecule has 12 heavy (non-hydrogen) atoms. The molecule has 0 aromatic carbocycles. The first kappa shape index (κ1) is 6.46. The Bertz CT molecular complexity index is 264. The van der Waals surface area contributed by atoms with Gasteiger partial charge in [0.15, 0.2) is 5.92 Å². The summed E-state index contributed by atoms with van der Waals surface area (Å²) in [5, 5.41) is 8.62. The van der Waals surface area contributed by atoms with Gasteiger partial charge in [-0.2, -0.15) is 0 Å². The van der Waals surface area contributed by atoms with Crippen molar-refractivity contribution in [3.05, 3.63) is 0 Å². The summed E-state index contributed by atoms with van der Waals surface area (Å²) in [4.78, 5) is 21.9. The van der Waals surface area contributed by atoms with Crippen LogP contribution in [0.3, 0.4) is 0 Å². The minimum atomic E-state index is -2.89. The van der Waals surface area contributed by atoms with E-state index in [4.69, 9.17) is 14.0 Å². The van der Waals surface area contributed by atoms with Crippen LogP contribution in [0.15, 0.2) is 0 Å². The van der Waals surface area contributed by atoms with E-state index in [9.17, 15) is 9.59 Å². The lowest BCUT2D eigenvalue weighted by Crippen LogP contribution is -2.31. The van der Waals surface area contributed by atoms with Crippen LogP contribution in [-0.2, 0) is 14.3 Å². The molecule has 1 unspecified atom stereocenters. The number of esters is 1. The van der Waals surface area contributed by atoms with E-state index in [-0.39, 0.29) is 0 Å². The molecular formula is C8H14O4. The summed E-state index contributed by atoms with van der Waals surface area (Å²) in [6.45, 7) is 1.70. The van der Waals surface area contributed by atoms with E-state index in [0.717, 1.165) is 0 Å². The molecule has 0 spiro atoms. The number of ether oxygens (including phenoxy) is 1. The zero-order valence-electron chi connectivity index (χ0n) is 10.2. The Kier molecular flexibility index (Phi) is 1.91. The number of aliphatic carboxylic acids is 1. The van der Waals surface area contributed by atoms with Crippen LogP contribution >= 0.6 is 0 Å². The molecule has 0 saturated heterocycles. The first-order valence-electron chi connectivity index (χ1n) is 4.91. The van der Waals surface area contributed by atoms with Gasteiger partial charge in [-0.3, -0.25) is 9.59 Å². The van der Waals surface area contributed by atoms with E-state index in [1.165, 1.54) is 20.8 Å². The lowest BCUT2D eigenvalue weighted by atomic mass is 10.1. The Balaban J connectivity index is 4.82. The molecule has 0 amide bonds. The minimum absolute atomic E-state index is 0.907. The van der Waals surface area contributed by atoms with Gasteiger partial charge in [-0.1, -0.05) is 0 Å². The molecule has 1 atom stereocenters. The second-order valence-corrected chi connectivity index (χ2v) is 3.30. The van der Waals surface area contributed by atoms with Gasteiger partial charge >= 0.3 is 11.9 Å². The topological polar surface area (TPSA) is 63.6 Å². The average Bonchev–Trinajstić information content (AvgIpc) is 1.74. The van der Waals surface area contributed by atoms with Crippen molar-refractivity contribution in [2.75, 3.05) is 0 Å². The molecule has 4 heteroatoms. The fourth-order valence-electron chi connectivity index (χ4n) is 0.462. The Labute approximate surface area is 75.7 Å². The molecule has 4 nitrogen and oxygen atoms in total. The third-order valence-electron chi connectivity index (χ3n) is 0.889. The van der Waals surface area contributed by atoms with Gasteiger partial charge in [0, 0.05) is 4.11 Å². The highest BCUT2D eigenvalue weighted by Crippen LogP contribution is 2.10. The molecule has 0 aliphatic rings. The predicted molar refractivity (Wildman–Crippen MR) is 42.6 cm³/mol. The van der Waals surface area contributed by atoms with Gasteiger partial charge in [0.25, 0.3) is 0 Å². The predicted octanol–water partition coefficient (Wildman–Crippen LogP) is 1.05. The number of carbonyl (C=O) groups excluding carboxylic acids is 1. The number of carboxylic acids is 1. The van der Waals surface area contributed by atoms with Crippen molar-refractivity contribution in [2.45, 2.75) is 33.2 Å². The normalized spacial score (nSPS) is 18.4. The van der Waals surface area contributed by atoms with Crippen molar-refractivity contribution in [3.63, 3.8) is 0 Å².